The van der Waals surface area contributed by atoms with Crippen molar-refractivity contribution in [3.05, 3.63) is 53.6 Å². The van der Waals surface area contributed by atoms with Crippen LogP contribution in [0.5, 0.6) is 11.5 Å². The number of hydrogen-bond donors (Lipinski definition) is 2. The molecule has 2 rings (SSSR count). The number of ether oxygens (including phenoxy) is 2. The lowest BCUT2D eigenvalue weighted by Crippen LogP contribution is -2.29. The van der Waals surface area contributed by atoms with E-state index in [1.807, 2.05) is 0 Å². The molecule has 2 aromatic carbocycles. The van der Waals surface area contributed by atoms with Crippen molar-refractivity contribution in [2.75, 3.05) is 26.1 Å². The van der Waals surface area contributed by atoms with Crippen molar-refractivity contribution < 1.29 is 23.0 Å². The molecule has 0 fully saturated rings. The molecule has 0 atom stereocenters. The Morgan fingerprint density at radius 2 is 1.79 bits per heavy atom. The number of carbonyl (C=O) groups excluding carboxylic acids is 1. The van der Waals surface area contributed by atoms with E-state index < -0.39 is 11.6 Å². The topological polar surface area (TPSA) is 59.6 Å². The maximum absolute atomic E-state index is 13.4. The van der Waals surface area contributed by atoms with Crippen LogP contribution in [0.1, 0.15) is 5.56 Å². The first-order valence-corrected chi connectivity index (χ1v) is 7.20. The van der Waals surface area contributed by atoms with Gasteiger partial charge in [-0.3, -0.25) is 4.79 Å². The van der Waals surface area contributed by atoms with Gasteiger partial charge in [0.1, 0.15) is 11.6 Å². The number of carbonyl (C=O) groups is 1. The number of anilines is 1. The van der Waals surface area contributed by atoms with Crippen LogP contribution in [0.3, 0.4) is 0 Å². The molecule has 0 spiro atoms. The standard InChI is InChI=1S/C17H18F2N2O3/c1-23-15-6-3-11(7-16(15)24-2)9-21-17(22)10-20-14-8-12(18)4-5-13(14)19/h3-8,20H,9-10H2,1-2H3,(H,21,22). The van der Waals surface area contributed by atoms with Crippen molar-refractivity contribution in [2.24, 2.45) is 0 Å². The highest BCUT2D eigenvalue weighted by Crippen LogP contribution is 2.27. The summed E-state index contributed by atoms with van der Waals surface area (Å²) in [5, 5.41) is 5.24. The molecule has 7 heteroatoms. The van der Waals surface area contributed by atoms with E-state index in [1.165, 1.54) is 14.2 Å². The molecule has 0 aliphatic rings. The lowest BCUT2D eigenvalue weighted by molar-refractivity contribution is -0.119. The Morgan fingerprint density at radius 1 is 1.04 bits per heavy atom. The van der Waals surface area contributed by atoms with Crippen LogP contribution in [-0.4, -0.2) is 26.7 Å². The maximum Gasteiger partial charge on any atom is 0.239 e. The van der Waals surface area contributed by atoms with Crippen LogP contribution in [0.25, 0.3) is 0 Å². The number of halogens is 2. The third-order valence-corrected chi connectivity index (χ3v) is 3.31. The van der Waals surface area contributed by atoms with Crippen molar-refractivity contribution in [3.63, 3.8) is 0 Å². The maximum atomic E-state index is 13.4. The van der Waals surface area contributed by atoms with Gasteiger partial charge in [-0.1, -0.05) is 6.07 Å². The molecule has 0 saturated carbocycles. The molecule has 5 nitrogen and oxygen atoms in total. The van der Waals surface area contributed by atoms with Crippen molar-refractivity contribution in [2.45, 2.75) is 6.54 Å². The average Bonchev–Trinajstić information content (AvgIpc) is 2.60. The summed E-state index contributed by atoms with van der Waals surface area (Å²) in [4.78, 5) is 11.8. The van der Waals surface area contributed by atoms with Gasteiger partial charge in [0.25, 0.3) is 0 Å². The molecule has 0 unspecified atom stereocenters. The van der Waals surface area contributed by atoms with Crippen LogP contribution in [0, 0.1) is 11.6 Å². The van der Waals surface area contributed by atoms with E-state index in [9.17, 15) is 13.6 Å². The first kappa shape index (κ1) is 17.5. The van der Waals surface area contributed by atoms with Gasteiger partial charge in [0, 0.05) is 6.54 Å². The van der Waals surface area contributed by atoms with Gasteiger partial charge >= 0.3 is 0 Å². The number of amides is 1. The first-order chi connectivity index (χ1) is 11.5. The number of nitrogens with one attached hydrogen (secondary N) is 2. The highest BCUT2D eigenvalue weighted by molar-refractivity contribution is 5.80. The molecule has 2 N–H and O–H groups in total. The Bertz CT molecular complexity index is 723. The first-order valence-electron chi connectivity index (χ1n) is 7.20. The molecular formula is C17H18F2N2O3. The predicted octanol–water partition coefficient (Wildman–Crippen LogP) is 2.71. The smallest absolute Gasteiger partial charge is 0.239 e. The zero-order valence-electron chi connectivity index (χ0n) is 13.4. The van der Waals surface area contributed by atoms with Gasteiger partial charge < -0.3 is 20.1 Å². The molecule has 2 aromatic rings. The van der Waals surface area contributed by atoms with Gasteiger partial charge in [0.15, 0.2) is 11.5 Å². The summed E-state index contributed by atoms with van der Waals surface area (Å²) in [5.74, 6) is -0.401. The second-order valence-electron chi connectivity index (χ2n) is 4.94. The molecule has 24 heavy (non-hydrogen) atoms. The van der Waals surface area contributed by atoms with E-state index in [1.54, 1.807) is 18.2 Å². The van der Waals surface area contributed by atoms with Crippen LogP contribution in [0.4, 0.5) is 14.5 Å². The van der Waals surface area contributed by atoms with Crippen LogP contribution in [-0.2, 0) is 11.3 Å². The SMILES string of the molecule is COc1ccc(CNC(=O)CNc2cc(F)ccc2F)cc1OC. The summed E-state index contributed by atoms with van der Waals surface area (Å²) in [6, 6.07) is 8.29. The van der Waals surface area contributed by atoms with E-state index in [4.69, 9.17) is 9.47 Å². The Labute approximate surface area is 138 Å². The molecule has 0 aliphatic heterocycles. The number of hydrogen-bond acceptors (Lipinski definition) is 4. The monoisotopic (exact) mass is 336 g/mol. The Morgan fingerprint density at radius 3 is 2.50 bits per heavy atom. The minimum absolute atomic E-state index is 0.0590. The second-order valence-corrected chi connectivity index (χ2v) is 4.94. The van der Waals surface area contributed by atoms with Gasteiger partial charge in [-0.2, -0.15) is 0 Å². The van der Waals surface area contributed by atoms with E-state index in [-0.39, 0.29) is 24.7 Å². The molecule has 0 heterocycles. The molecule has 1 amide bonds. The normalized spacial score (nSPS) is 10.2. The minimum Gasteiger partial charge on any atom is -0.493 e. The zero-order valence-corrected chi connectivity index (χ0v) is 13.4. The van der Waals surface area contributed by atoms with Crippen molar-refractivity contribution in [3.8, 4) is 11.5 Å². The lowest BCUT2D eigenvalue weighted by atomic mass is 10.2. The van der Waals surface area contributed by atoms with E-state index in [0.717, 1.165) is 23.8 Å². The zero-order chi connectivity index (χ0) is 17.5. The highest BCUT2D eigenvalue weighted by atomic mass is 19.1. The van der Waals surface area contributed by atoms with Gasteiger partial charge in [-0.15, -0.1) is 0 Å². The molecular weight excluding hydrogens is 318 g/mol. The second kappa shape index (κ2) is 8.14. The molecule has 0 aromatic heterocycles. The van der Waals surface area contributed by atoms with E-state index in [0.29, 0.717) is 11.5 Å². The fourth-order valence-electron chi connectivity index (χ4n) is 2.06. The Kier molecular flexibility index (Phi) is 5.95. The molecule has 0 saturated heterocycles. The summed E-state index contributed by atoms with van der Waals surface area (Å²) < 4.78 is 36.8. The third-order valence-electron chi connectivity index (χ3n) is 3.31. The highest BCUT2D eigenvalue weighted by Gasteiger charge is 2.08. The fourth-order valence-corrected chi connectivity index (χ4v) is 2.06. The fraction of sp³-hybridized carbons (Fsp3) is 0.235. The predicted molar refractivity (Wildman–Crippen MR) is 86.2 cm³/mol. The molecule has 0 aliphatic carbocycles. The van der Waals surface area contributed by atoms with Crippen molar-refractivity contribution in [1.82, 2.24) is 5.32 Å². The lowest BCUT2D eigenvalue weighted by Gasteiger charge is -2.11. The van der Waals surface area contributed by atoms with Gasteiger partial charge in [0.2, 0.25) is 5.91 Å². The van der Waals surface area contributed by atoms with Gasteiger partial charge in [-0.05, 0) is 35.9 Å². The molecule has 128 valence electrons. The summed E-state index contributed by atoms with van der Waals surface area (Å²) in [5.41, 5.74) is 0.759. The van der Waals surface area contributed by atoms with Crippen LogP contribution in [0.2, 0.25) is 0 Å². The van der Waals surface area contributed by atoms with Crippen LogP contribution < -0.4 is 20.1 Å². The average molecular weight is 336 g/mol. The van der Waals surface area contributed by atoms with Crippen molar-refractivity contribution in [1.29, 1.82) is 0 Å². The van der Waals surface area contributed by atoms with Gasteiger partial charge in [0.05, 0.1) is 26.5 Å². The number of rotatable bonds is 7. The quantitative estimate of drug-likeness (QED) is 0.816. The Balaban J connectivity index is 1.88. The minimum atomic E-state index is -0.621. The summed E-state index contributed by atoms with van der Waals surface area (Å²) >= 11 is 0. The largest absolute Gasteiger partial charge is 0.493 e. The Hall–Kier alpha value is -2.83. The number of benzene rings is 2. The molecule has 0 bridgehead atoms. The van der Waals surface area contributed by atoms with Gasteiger partial charge in [-0.25, -0.2) is 8.78 Å². The van der Waals surface area contributed by atoms with Crippen LogP contribution >= 0.6 is 0 Å². The summed E-state index contributed by atoms with van der Waals surface area (Å²) in [6.07, 6.45) is 0. The van der Waals surface area contributed by atoms with E-state index in [2.05, 4.69) is 10.6 Å². The summed E-state index contributed by atoms with van der Waals surface area (Å²) in [7, 11) is 3.06. The van der Waals surface area contributed by atoms with Crippen molar-refractivity contribution >= 4 is 11.6 Å². The summed E-state index contributed by atoms with van der Waals surface area (Å²) in [6.45, 7) is 0.0974. The molecule has 0 radical (unpaired) electrons. The van der Waals surface area contributed by atoms with Crippen LogP contribution in [0.15, 0.2) is 36.4 Å². The van der Waals surface area contributed by atoms with E-state index >= 15 is 0 Å². The number of methoxy groups -OCH3 is 2. The third kappa shape index (κ3) is 4.58.